The molecular formula is C22H23N3O4. The van der Waals surface area contributed by atoms with Crippen LogP contribution in [0.15, 0.2) is 60.4 Å². The summed E-state index contributed by atoms with van der Waals surface area (Å²) in [5, 5.41) is 13.2. The molecule has 1 N–H and O–H groups in total. The Labute approximate surface area is 169 Å². The summed E-state index contributed by atoms with van der Waals surface area (Å²) in [7, 11) is 0. The van der Waals surface area contributed by atoms with Gasteiger partial charge in [-0.25, -0.2) is 0 Å². The van der Waals surface area contributed by atoms with Crippen molar-refractivity contribution in [3.05, 3.63) is 71.6 Å². The standard InChI is InChI=1S/C22H23N3O4/c26-20(17-4-2-1-3-5-17)18-19(16-6-8-23-9-7-16)25(22(28)21(18)27)11-10-24-12-14-29-15-13-24/h1-9,19,26H,10-15H2. The molecule has 0 bridgehead atoms. The zero-order chi connectivity index (χ0) is 20.2. The monoisotopic (exact) mass is 393 g/mol. The number of nitrogens with zero attached hydrogens (tertiary/aromatic N) is 2. The summed E-state index contributed by atoms with van der Waals surface area (Å²) in [5.41, 5.74) is 1.14. The van der Waals surface area contributed by atoms with Crippen molar-refractivity contribution in [3.8, 4) is 0 Å². The van der Waals surface area contributed by atoms with Gasteiger partial charge in [-0.15, -0.1) is 0 Å². The third-order valence-electron chi connectivity index (χ3n) is 5.49. The third kappa shape index (κ3) is 3.92. The Bertz CT molecular complexity index is 908. The molecule has 0 spiro atoms. The van der Waals surface area contributed by atoms with Gasteiger partial charge in [0.25, 0.3) is 5.91 Å². The van der Waals surface area contributed by atoms with E-state index in [0.29, 0.717) is 31.9 Å². The fraction of sp³-hybridized carbons (Fsp3) is 0.318. The van der Waals surface area contributed by atoms with Gasteiger partial charge in [0.15, 0.2) is 0 Å². The number of Topliss-reactive ketones (excluding diaryl/α,β-unsaturated/α-hetero) is 1. The van der Waals surface area contributed by atoms with Crippen molar-refractivity contribution < 1.29 is 24.3 Å². The molecule has 0 radical (unpaired) electrons. The third-order valence-corrected chi connectivity index (χ3v) is 5.49. The zero-order valence-corrected chi connectivity index (χ0v) is 16.0. The number of aromatic nitrogens is 1. The van der Waals surface area contributed by atoms with Crippen molar-refractivity contribution in [1.29, 1.82) is 0 Å². The predicted molar refractivity (Wildman–Crippen MR) is 103 cm³/mol. The van der Waals surface area contributed by atoms with Crippen LogP contribution in [0.3, 0.4) is 0 Å². The van der Waals surface area contributed by atoms with Gasteiger partial charge in [-0.05, 0) is 23.3 Å². The Morgan fingerprint density at radius 3 is 2.48 bits per heavy atom. The van der Waals surface area contributed by atoms with Crippen molar-refractivity contribution in [3.63, 3.8) is 0 Å². The van der Waals surface area contributed by atoms with Gasteiger partial charge in [0, 0.05) is 18.0 Å². The van der Waals surface area contributed by atoms with Crippen LogP contribution >= 0.6 is 0 Å². The van der Waals surface area contributed by atoms with E-state index in [1.54, 1.807) is 54.9 Å². The van der Waals surface area contributed by atoms with Crippen molar-refractivity contribution in [2.45, 2.75) is 6.04 Å². The molecule has 1 unspecified atom stereocenters. The second-order valence-electron chi connectivity index (χ2n) is 7.23. The molecule has 1 amide bonds. The lowest BCUT2D eigenvalue weighted by atomic mass is 9.96. The molecule has 0 aliphatic carbocycles. The fourth-order valence-corrected chi connectivity index (χ4v) is 3.93. The predicted octanol–water partition coefficient (Wildman–Crippen LogP) is -0.779. The van der Waals surface area contributed by atoms with Crippen LogP contribution in [-0.4, -0.2) is 61.0 Å². The maximum absolute atomic E-state index is 13.2. The summed E-state index contributed by atoms with van der Waals surface area (Å²) in [6.07, 6.45) is 3.22. The number of carbonyl (C=O) groups excluding carboxylic acids is 2. The van der Waals surface area contributed by atoms with Crippen molar-refractivity contribution in [2.75, 3.05) is 39.4 Å². The molecule has 1 aromatic carbocycles. The molecule has 7 nitrogen and oxygen atoms in total. The highest BCUT2D eigenvalue weighted by atomic mass is 16.5. The minimum absolute atomic E-state index is 0.0179. The second-order valence-corrected chi connectivity index (χ2v) is 7.23. The Kier molecular flexibility index (Phi) is 5.69. The average molecular weight is 393 g/mol. The van der Waals surface area contributed by atoms with Gasteiger partial charge in [0.1, 0.15) is 13.1 Å². The minimum Gasteiger partial charge on any atom is -0.872 e. The van der Waals surface area contributed by atoms with Crippen LogP contribution in [0, 0.1) is 0 Å². The topological polar surface area (TPSA) is 87.0 Å². The fourth-order valence-electron chi connectivity index (χ4n) is 3.93. The van der Waals surface area contributed by atoms with Gasteiger partial charge in [-0.2, -0.15) is 0 Å². The largest absolute Gasteiger partial charge is 0.872 e. The summed E-state index contributed by atoms with van der Waals surface area (Å²) >= 11 is 0. The lowest BCUT2D eigenvalue weighted by Gasteiger charge is -2.30. The SMILES string of the molecule is O=C1C(=O)N(CC[NH+]2CCOCC2)C(c2ccncc2)C1=C([O-])c1ccccc1. The minimum atomic E-state index is -0.711. The molecule has 4 rings (SSSR count). The number of likely N-dealkylation sites (tertiary alicyclic amines) is 1. The smallest absolute Gasteiger partial charge is 0.295 e. The van der Waals surface area contributed by atoms with Crippen LogP contribution in [0.4, 0.5) is 0 Å². The summed E-state index contributed by atoms with van der Waals surface area (Å²) in [6.45, 7) is 4.24. The van der Waals surface area contributed by atoms with Crippen LogP contribution in [0.25, 0.3) is 5.76 Å². The number of rotatable bonds is 5. The van der Waals surface area contributed by atoms with Gasteiger partial charge in [0.2, 0.25) is 5.78 Å². The molecule has 7 heteroatoms. The van der Waals surface area contributed by atoms with Gasteiger partial charge in [-0.3, -0.25) is 14.6 Å². The lowest BCUT2D eigenvalue weighted by Crippen LogP contribution is -3.14. The van der Waals surface area contributed by atoms with Crippen LogP contribution < -0.4 is 10.0 Å². The van der Waals surface area contributed by atoms with Crippen molar-refractivity contribution in [1.82, 2.24) is 9.88 Å². The highest BCUT2D eigenvalue weighted by Gasteiger charge is 2.44. The number of ether oxygens (including phenoxy) is 1. The number of hydrogen-bond donors (Lipinski definition) is 1. The van der Waals surface area contributed by atoms with Gasteiger partial charge in [0.05, 0.1) is 32.3 Å². The van der Waals surface area contributed by atoms with E-state index in [1.807, 2.05) is 0 Å². The first-order valence-electron chi connectivity index (χ1n) is 9.80. The molecular weight excluding hydrogens is 370 g/mol. The highest BCUT2D eigenvalue weighted by Crippen LogP contribution is 2.37. The molecule has 2 aliphatic rings. The van der Waals surface area contributed by atoms with E-state index in [1.165, 1.54) is 9.80 Å². The Morgan fingerprint density at radius 1 is 1.10 bits per heavy atom. The van der Waals surface area contributed by atoms with E-state index in [2.05, 4.69) is 4.98 Å². The summed E-state index contributed by atoms with van der Waals surface area (Å²) in [6, 6.07) is 11.4. The van der Waals surface area contributed by atoms with Crippen LogP contribution in [-0.2, 0) is 14.3 Å². The zero-order valence-electron chi connectivity index (χ0n) is 16.0. The number of hydrogen-bond acceptors (Lipinski definition) is 5. The summed E-state index contributed by atoms with van der Waals surface area (Å²) in [4.78, 5) is 32.6. The normalized spacial score (nSPS) is 22.2. The Morgan fingerprint density at radius 2 is 1.79 bits per heavy atom. The van der Waals surface area contributed by atoms with Crippen LogP contribution in [0.1, 0.15) is 17.2 Å². The molecule has 29 heavy (non-hydrogen) atoms. The summed E-state index contributed by atoms with van der Waals surface area (Å²) in [5.74, 6) is -1.72. The maximum Gasteiger partial charge on any atom is 0.295 e. The van der Waals surface area contributed by atoms with Gasteiger partial charge in [-0.1, -0.05) is 36.1 Å². The number of ketones is 1. The number of morpholine rings is 1. The molecule has 3 heterocycles. The number of carbonyl (C=O) groups is 2. The quantitative estimate of drug-likeness (QED) is 0.409. The maximum atomic E-state index is 13.2. The molecule has 2 aromatic rings. The summed E-state index contributed by atoms with van der Waals surface area (Å²) < 4.78 is 5.39. The number of amides is 1. The van der Waals surface area contributed by atoms with Crippen LogP contribution in [0.2, 0.25) is 0 Å². The van der Waals surface area contributed by atoms with E-state index >= 15 is 0 Å². The number of nitrogens with one attached hydrogen (secondary N) is 1. The van der Waals surface area contributed by atoms with Crippen LogP contribution in [0.5, 0.6) is 0 Å². The lowest BCUT2D eigenvalue weighted by molar-refractivity contribution is -0.907. The first-order chi connectivity index (χ1) is 14.2. The first kappa shape index (κ1) is 19.3. The molecule has 150 valence electrons. The number of quaternary nitrogens is 1. The molecule has 2 aliphatic heterocycles. The van der Waals surface area contributed by atoms with Crippen molar-refractivity contribution >= 4 is 17.4 Å². The Balaban J connectivity index is 1.70. The van der Waals surface area contributed by atoms with E-state index in [4.69, 9.17) is 4.74 Å². The van der Waals surface area contributed by atoms with E-state index < -0.39 is 23.5 Å². The number of pyridine rings is 1. The van der Waals surface area contributed by atoms with E-state index in [0.717, 1.165) is 18.7 Å². The van der Waals surface area contributed by atoms with Gasteiger partial charge < -0.3 is 19.6 Å². The van der Waals surface area contributed by atoms with Gasteiger partial charge >= 0.3 is 0 Å². The Hall–Kier alpha value is -3.03. The average Bonchev–Trinajstić information content (AvgIpc) is 3.04. The molecule has 1 atom stereocenters. The molecule has 0 saturated carbocycles. The molecule has 2 saturated heterocycles. The first-order valence-corrected chi connectivity index (χ1v) is 9.80. The van der Waals surface area contributed by atoms with Crippen molar-refractivity contribution in [2.24, 2.45) is 0 Å². The van der Waals surface area contributed by atoms with E-state index in [-0.39, 0.29) is 5.57 Å². The van der Waals surface area contributed by atoms with E-state index in [9.17, 15) is 14.7 Å². The second kappa shape index (κ2) is 8.55. The highest BCUT2D eigenvalue weighted by molar-refractivity contribution is 6.46. The molecule has 1 aromatic heterocycles. The number of benzene rings is 1. The molecule has 2 fully saturated rings.